The van der Waals surface area contributed by atoms with Crippen molar-refractivity contribution >= 4 is 0 Å². The van der Waals surface area contributed by atoms with Crippen LogP contribution in [0, 0.1) is 0 Å². The Bertz CT molecular complexity index is 353. The maximum atomic E-state index is 9.97. The number of hydrogen-bond acceptors (Lipinski definition) is 4. The Labute approximate surface area is 109 Å². The van der Waals surface area contributed by atoms with E-state index in [1.54, 1.807) is 6.07 Å². The fourth-order valence-corrected chi connectivity index (χ4v) is 1.57. The lowest BCUT2D eigenvalue weighted by molar-refractivity contribution is 0.0807. The number of nitrogens with one attached hydrogen (secondary N) is 1. The van der Waals surface area contributed by atoms with Gasteiger partial charge in [-0.2, -0.15) is 0 Å². The van der Waals surface area contributed by atoms with Gasteiger partial charge in [-0.3, -0.25) is 0 Å². The van der Waals surface area contributed by atoms with Gasteiger partial charge < -0.3 is 19.9 Å². The Morgan fingerprint density at radius 3 is 2.78 bits per heavy atom. The molecule has 2 N–H and O–H groups in total. The standard InChI is InChI=1S/C14H23NO3/c1-4-17-13-7-5-6-12(14(13)16)10-15-8-9-18-11(2)3/h5-7,11,15-16H,4,8-10H2,1-3H3. The van der Waals surface area contributed by atoms with Crippen LogP contribution in [0.3, 0.4) is 0 Å². The normalized spacial score (nSPS) is 10.9. The summed E-state index contributed by atoms with van der Waals surface area (Å²) in [6.07, 6.45) is 0.251. The highest BCUT2D eigenvalue weighted by Crippen LogP contribution is 2.29. The van der Waals surface area contributed by atoms with E-state index in [9.17, 15) is 5.11 Å². The Morgan fingerprint density at radius 2 is 2.11 bits per heavy atom. The Kier molecular flexibility index (Phi) is 6.54. The highest BCUT2D eigenvalue weighted by Gasteiger charge is 2.06. The average Bonchev–Trinajstić information content (AvgIpc) is 2.33. The number of benzene rings is 1. The van der Waals surface area contributed by atoms with Crippen molar-refractivity contribution in [3.05, 3.63) is 23.8 Å². The van der Waals surface area contributed by atoms with Crippen LogP contribution in [0.4, 0.5) is 0 Å². The van der Waals surface area contributed by atoms with Crippen LogP contribution >= 0.6 is 0 Å². The Hall–Kier alpha value is -1.26. The molecule has 0 radical (unpaired) electrons. The topological polar surface area (TPSA) is 50.7 Å². The van der Waals surface area contributed by atoms with Crippen LogP contribution < -0.4 is 10.1 Å². The molecule has 0 atom stereocenters. The molecule has 0 aliphatic rings. The van der Waals surface area contributed by atoms with E-state index in [1.807, 2.05) is 32.9 Å². The summed E-state index contributed by atoms with van der Waals surface area (Å²) in [5.41, 5.74) is 0.838. The fourth-order valence-electron chi connectivity index (χ4n) is 1.57. The van der Waals surface area contributed by atoms with Gasteiger partial charge in [0, 0.05) is 18.7 Å². The second kappa shape index (κ2) is 7.95. The summed E-state index contributed by atoms with van der Waals surface area (Å²) in [4.78, 5) is 0. The third-order valence-corrected chi connectivity index (χ3v) is 2.43. The third kappa shape index (κ3) is 4.94. The van der Waals surface area contributed by atoms with Gasteiger partial charge in [0.25, 0.3) is 0 Å². The zero-order valence-corrected chi connectivity index (χ0v) is 11.4. The molecule has 0 aliphatic carbocycles. The third-order valence-electron chi connectivity index (χ3n) is 2.43. The maximum absolute atomic E-state index is 9.97. The van der Waals surface area contributed by atoms with E-state index in [4.69, 9.17) is 9.47 Å². The lowest BCUT2D eigenvalue weighted by Gasteiger charge is -2.11. The first-order valence-electron chi connectivity index (χ1n) is 6.41. The molecule has 0 aromatic heterocycles. The molecular formula is C14H23NO3. The van der Waals surface area contributed by atoms with E-state index in [2.05, 4.69) is 5.32 Å². The maximum Gasteiger partial charge on any atom is 0.162 e. The quantitative estimate of drug-likeness (QED) is 0.698. The summed E-state index contributed by atoms with van der Waals surface area (Å²) < 4.78 is 10.8. The first-order chi connectivity index (χ1) is 8.65. The van der Waals surface area contributed by atoms with E-state index in [0.717, 1.165) is 12.1 Å². The molecule has 0 saturated heterocycles. The van der Waals surface area contributed by atoms with Gasteiger partial charge >= 0.3 is 0 Å². The largest absolute Gasteiger partial charge is 0.504 e. The molecule has 4 nitrogen and oxygen atoms in total. The minimum atomic E-state index is 0.219. The molecule has 0 amide bonds. The van der Waals surface area contributed by atoms with Crippen LogP contribution in [-0.2, 0) is 11.3 Å². The SMILES string of the molecule is CCOc1cccc(CNCCOC(C)C)c1O. The molecule has 4 heteroatoms. The number of aromatic hydroxyl groups is 1. The van der Waals surface area contributed by atoms with Crippen molar-refractivity contribution < 1.29 is 14.6 Å². The number of phenols is 1. The van der Waals surface area contributed by atoms with Crippen molar-refractivity contribution in [1.82, 2.24) is 5.32 Å². The first kappa shape index (κ1) is 14.8. The fraction of sp³-hybridized carbons (Fsp3) is 0.571. The molecule has 1 rings (SSSR count). The molecular weight excluding hydrogens is 230 g/mol. The van der Waals surface area contributed by atoms with Gasteiger partial charge in [0.15, 0.2) is 11.5 Å². The minimum Gasteiger partial charge on any atom is -0.504 e. The molecule has 0 fully saturated rings. The zero-order chi connectivity index (χ0) is 13.4. The second-order valence-electron chi connectivity index (χ2n) is 4.29. The van der Waals surface area contributed by atoms with E-state index in [1.165, 1.54) is 0 Å². The summed E-state index contributed by atoms with van der Waals surface area (Å²) in [6.45, 7) is 8.50. The van der Waals surface area contributed by atoms with Crippen LogP contribution in [0.5, 0.6) is 11.5 Å². The monoisotopic (exact) mass is 253 g/mol. The number of phenolic OH excluding ortho intramolecular Hbond substituents is 1. The zero-order valence-electron chi connectivity index (χ0n) is 11.4. The number of rotatable bonds is 8. The smallest absolute Gasteiger partial charge is 0.162 e. The Morgan fingerprint density at radius 1 is 1.33 bits per heavy atom. The van der Waals surface area contributed by atoms with Gasteiger partial charge in [0.05, 0.1) is 19.3 Å². The van der Waals surface area contributed by atoms with Crippen LogP contribution in [0.1, 0.15) is 26.3 Å². The van der Waals surface area contributed by atoms with Gasteiger partial charge in [-0.05, 0) is 26.8 Å². The van der Waals surface area contributed by atoms with Gasteiger partial charge in [0.2, 0.25) is 0 Å². The summed E-state index contributed by atoms with van der Waals surface area (Å²) in [5, 5.41) is 13.2. The molecule has 18 heavy (non-hydrogen) atoms. The van der Waals surface area contributed by atoms with Crippen LogP contribution in [0.2, 0.25) is 0 Å². The highest BCUT2D eigenvalue weighted by molar-refractivity contribution is 5.45. The first-order valence-corrected chi connectivity index (χ1v) is 6.41. The molecule has 0 spiro atoms. The number of ether oxygens (including phenoxy) is 2. The van der Waals surface area contributed by atoms with Crippen molar-refractivity contribution in [2.24, 2.45) is 0 Å². The van der Waals surface area contributed by atoms with Crippen molar-refractivity contribution in [2.45, 2.75) is 33.4 Å². The van der Waals surface area contributed by atoms with Crippen molar-refractivity contribution in [1.29, 1.82) is 0 Å². The molecule has 0 bridgehead atoms. The molecule has 0 heterocycles. The lowest BCUT2D eigenvalue weighted by Crippen LogP contribution is -2.21. The molecule has 1 aromatic carbocycles. The minimum absolute atomic E-state index is 0.219. The van der Waals surface area contributed by atoms with E-state index < -0.39 is 0 Å². The molecule has 102 valence electrons. The molecule has 0 saturated carbocycles. The van der Waals surface area contributed by atoms with Crippen LogP contribution in [-0.4, -0.2) is 31.0 Å². The highest BCUT2D eigenvalue weighted by atomic mass is 16.5. The van der Waals surface area contributed by atoms with E-state index in [-0.39, 0.29) is 11.9 Å². The predicted molar refractivity (Wildman–Crippen MR) is 72.1 cm³/mol. The van der Waals surface area contributed by atoms with Crippen molar-refractivity contribution in [3.8, 4) is 11.5 Å². The Balaban J connectivity index is 2.40. The molecule has 0 unspecified atom stereocenters. The van der Waals surface area contributed by atoms with Gasteiger partial charge in [-0.1, -0.05) is 12.1 Å². The van der Waals surface area contributed by atoms with Crippen molar-refractivity contribution in [2.75, 3.05) is 19.8 Å². The molecule has 1 aromatic rings. The van der Waals surface area contributed by atoms with Crippen LogP contribution in [0.25, 0.3) is 0 Å². The summed E-state index contributed by atoms with van der Waals surface area (Å²) in [5.74, 6) is 0.756. The van der Waals surface area contributed by atoms with Gasteiger partial charge in [0.1, 0.15) is 0 Å². The van der Waals surface area contributed by atoms with Crippen LogP contribution in [0.15, 0.2) is 18.2 Å². The lowest BCUT2D eigenvalue weighted by atomic mass is 10.2. The molecule has 0 aliphatic heterocycles. The van der Waals surface area contributed by atoms with E-state index >= 15 is 0 Å². The predicted octanol–water partition coefficient (Wildman–Crippen LogP) is 2.31. The summed E-state index contributed by atoms with van der Waals surface area (Å²) >= 11 is 0. The van der Waals surface area contributed by atoms with Gasteiger partial charge in [-0.25, -0.2) is 0 Å². The average molecular weight is 253 g/mol. The number of para-hydroxylation sites is 1. The second-order valence-corrected chi connectivity index (χ2v) is 4.29. The van der Waals surface area contributed by atoms with E-state index in [0.29, 0.717) is 25.5 Å². The van der Waals surface area contributed by atoms with Crippen molar-refractivity contribution in [3.63, 3.8) is 0 Å². The number of hydrogen-bond donors (Lipinski definition) is 2. The summed E-state index contributed by atoms with van der Waals surface area (Å²) in [6, 6.07) is 5.53. The van der Waals surface area contributed by atoms with Gasteiger partial charge in [-0.15, -0.1) is 0 Å². The summed E-state index contributed by atoms with van der Waals surface area (Å²) in [7, 11) is 0.